The zero-order chi connectivity index (χ0) is 28.3. The predicted octanol–water partition coefficient (Wildman–Crippen LogP) is 7.06. The van der Waals surface area contributed by atoms with Crippen LogP contribution in [0.15, 0.2) is 72.8 Å². The van der Waals surface area contributed by atoms with Crippen molar-refractivity contribution in [2.45, 2.75) is 0 Å². The fraction of sp³-hybridized carbons (Fsp3) is 0. The van der Waals surface area contributed by atoms with Crippen molar-refractivity contribution < 1.29 is 27.9 Å². The molecule has 15 heteroatoms. The average molecular weight is 540 g/mol. The van der Waals surface area contributed by atoms with Gasteiger partial charge < -0.3 is 16.0 Å². The van der Waals surface area contributed by atoms with E-state index in [-0.39, 0.29) is 17.1 Å². The van der Waals surface area contributed by atoms with Gasteiger partial charge in [-0.1, -0.05) is 0 Å². The maximum atomic E-state index is 13.5. The van der Waals surface area contributed by atoms with Crippen LogP contribution >= 0.6 is 0 Å². The van der Waals surface area contributed by atoms with E-state index in [1.807, 2.05) is 0 Å². The molecule has 0 amide bonds. The predicted molar refractivity (Wildman–Crippen MR) is 135 cm³/mol. The van der Waals surface area contributed by atoms with Crippen LogP contribution in [0, 0.1) is 47.8 Å². The third-order valence-electron chi connectivity index (χ3n) is 5.31. The van der Waals surface area contributed by atoms with E-state index < -0.39 is 66.3 Å². The number of benzene rings is 4. The van der Waals surface area contributed by atoms with Gasteiger partial charge in [0.15, 0.2) is 0 Å². The molecule has 0 fully saturated rings. The number of nitro groups is 3. The van der Waals surface area contributed by atoms with Crippen molar-refractivity contribution in [2.24, 2.45) is 0 Å². The standard InChI is InChI=1S/C24H15F3N6O6/c25-13-1-7-16(8-2-13)28-19-22(31(34)35)20(29-17-9-3-14(26)4-10-17)24(33(38)39)21(23(19)32(36)37)30-18-11-5-15(27)6-12-18/h1-12,28-30H. The summed E-state index contributed by atoms with van der Waals surface area (Å²) in [6.07, 6.45) is 0. The van der Waals surface area contributed by atoms with Crippen LogP contribution in [0.25, 0.3) is 0 Å². The average Bonchev–Trinajstić information content (AvgIpc) is 2.87. The van der Waals surface area contributed by atoms with Gasteiger partial charge in [-0.2, -0.15) is 0 Å². The van der Waals surface area contributed by atoms with Crippen LogP contribution < -0.4 is 16.0 Å². The van der Waals surface area contributed by atoms with E-state index in [0.717, 1.165) is 72.8 Å². The molecule has 198 valence electrons. The van der Waals surface area contributed by atoms with E-state index in [4.69, 9.17) is 0 Å². The highest BCUT2D eigenvalue weighted by Gasteiger charge is 2.43. The van der Waals surface area contributed by atoms with Crippen LogP contribution in [0.2, 0.25) is 0 Å². The number of anilines is 6. The van der Waals surface area contributed by atoms with Crippen molar-refractivity contribution in [3.05, 3.63) is 121 Å². The van der Waals surface area contributed by atoms with Crippen LogP contribution in [0.4, 0.5) is 64.4 Å². The smallest absolute Gasteiger partial charge is 0.330 e. The molecule has 0 aliphatic carbocycles. The molecule has 4 aromatic carbocycles. The molecule has 0 aliphatic rings. The molecule has 0 atom stereocenters. The summed E-state index contributed by atoms with van der Waals surface area (Å²) in [6, 6.07) is 12.8. The Morgan fingerprint density at radius 1 is 0.436 bits per heavy atom. The Morgan fingerprint density at radius 3 is 0.821 bits per heavy atom. The number of hydrogen-bond donors (Lipinski definition) is 3. The van der Waals surface area contributed by atoms with E-state index in [2.05, 4.69) is 16.0 Å². The van der Waals surface area contributed by atoms with E-state index >= 15 is 0 Å². The maximum absolute atomic E-state index is 13.5. The molecule has 39 heavy (non-hydrogen) atoms. The first-order valence-corrected chi connectivity index (χ1v) is 10.8. The Balaban J connectivity index is 2.08. The summed E-state index contributed by atoms with van der Waals surface area (Å²) in [5.41, 5.74) is -5.67. The van der Waals surface area contributed by atoms with Crippen molar-refractivity contribution >= 4 is 51.2 Å². The summed E-state index contributed by atoms with van der Waals surface area (Å²) in [5, 5.41) is 44.3. The number of halogens is 3. The van der Waals surface area contributed by atoms with Gasteiger partial charge >= 0.3 is 17.1 Å². The van der Waals surface area contributed by atoms with E-state index in [1.54, 1.807) is 0 Å². The minimum absolute atomic E-state index is 0.0167. The first-order valence-electron chi connectivity index (χ1n) is 10.8. The highest BCUT2D eigenvalue weighted by molar-refractivity contribution is 6.03. The molecule has 0 radical (unpaired) electrons. The molecular weight excluding hydrogens is 525 g/mol. The van der Waals surface area contributed by atoms with Gasteiger partial charge in [0.1, 0.15) is 17.5 Å². The number of nitrogens with one attached hydrogen (secondary N) is 3. The summed E-state index contributed by atoms with van der Waals surface area (Å²) in [6.45, 7) is 0. The first kappa shape index (κ1) is 26.3. The van der Waals surface area contributed by atoms with Crippen LogP contribution in [0.5, 0.6) is 0 Å². The molecule has 0 saturated carbocycles. The molecule has 0 saturated heterocycles. The summed E-state index contributed by atoms with van der Waals surface area (Å²) in [5.74, 6) is -1.98. The van der Waals surface area contributed by atoms with E-state index in [0.29, 0.717) is 0 Å². The highest BCUT2D eigenvalue weighted by Crippen LogP contribution is 2.54. The molecule has 0 heterocycles. The van der Waals surface area contributed by atoms with Gasteiger partial charge in [-0.05, 0) is 72.8 Å². The molecule has 12 nitrogen and oxygen atoms in total. The molecule has 0 aromatic heterocycles. The molecule has 4 rings (SSSR count). The monoisotopic (exact) mass is 540 g/mol. The van der Waals surface area contributed by atoms with Gasteiger partial charge in [-0.15, -0.1) is 0 Å². The second-order valence-electron chi connectivity index (χ2n) is 7.84. The quantitative estimate of drug-likeness (QED) is 0.149. The third-order valence-corrected chi connectivity index (χ3v) is 5.31. The number of nitro benzene ring substituents is 3. The van der Waals surface area contributed by atoms with Gasteiger partial charge in [0, 0.05) is 17.1 Å². The highest BCUT2D eigenvalue weighted by atomic mass is 19.1. The Kier molecular flexibility index (Phi) is 7.23. The third kappa shape index (κ3) is 5.66. The zero-order valence-corrected chi connectivity index (χ0v) is 19.4. The lowest BCUT2D eigenvalue weighted by Crippen LogP contribution is -2.11. The fourth-order valence-corrected chi connectivity index (χ4v) is 3.65. The lowest BCUT2D eigenvalue weighted by molar-refractivity contribution is -0.399. The summed E-state index contributed by atoms with van der Waals surface area (Å²) in [7, 11) is 0. The van der Waals surface area contributed by atoms with Gasteiger partial charge in [-0.3, -0.25) is 30.3 Å². The van der Waals surface area contributed by atoms with Crippen molar-refractivity contribution in [1.29, 1.82) is 0 Å². The molecule has 0 aliphatic heterocycles. The normalized spacial score (nSPS) is 10.5. The molecule has 0 bridgehead atoms. The topological polar surface area (TPSA) is 166 Å². The van der Waals surface area contributed by atoms with Crippen LogP contribution in [-0.4, -0.2) is 14.8 Å². The van der Waals surface area contributed by atoms with Gasteiger partial charge in [-0.25, -0.2) is 13.2 Å². The largest absolute Gasteiger partial charge is 0.344 e. The number of rotatable bonds is 9. The Morgan fingerprint density at radius 2 is 0.641 bits per heavy atom. The molecule has 4 aromatic rings. The number of nitrogens with zero attached hydrogens (tertiary/aromatic N) is 3. The second kappa shape index (κ2) is 10.7. The molecule has 0 spiro atoms. The summed E-state index contributed by atoms with van der Waals surface area (Å²) < 4.78 is 40.4. The Hall–Kier alpha value is -5.73. The van der Waals surface area contributed by atoms with Crippen LogP contribution in [0.1, 0.15) is 0 Å². The van der Waals surface area contributed by atoms with Crippen molar-refractivity contribution in [3.8, 4) is 0 Å². The van der Waals surface area contributed by atoms with Gasteiger partial charge in [0.05, 0.1) is 14.8 Å². The van der Waals surface area contributed by atoms with Crippen LogP contribution in [0.3, 0.4) is 0 Å². The van der Waals surface area contributed by atoms with Crippen molar-refractivity contribution in [2.75, 3.05) is 16.0 Å². The van der Waals surface area contributed by atoms with Crippen molar-refractivity contribution in [1.82, 2.24) is 0 Å². The minimum atomic E-state index is -1.09. The molecule has 0 unspecified atom stereocenters. The van der Waals surface area contributed by atoms with Gasteiger partial charge in [0.25, 0.3) is 0 Å². The Labute approximate surface area is 216 Å². The minimum Gasteiger partial charge on any atom is -0.344 e. The lowest BCUT2D eigenvalue weighted by atomic mass is 10.1. The first-order chi connectivity index (χ1) is 18.5. The van der Waals surface area contributed by atoms with E-state index in [1.165, 1.54) is 0 Å². The summed E-state index contributed by atoms with van der Waals surface area (Å²) >= 11 is 0. The summed E-state index contributed by atoms with van der Waals surface area (Å²) in [4.78, 5) is 33.6. The maximum Gasteiger partial charge on any atom is 0.330 e. The SMILES string of the molecule is O=[N+]([O-])c1c(Nc2ccc(F)cc2)c([N+](=O)[O-])c(Nc2ccc(F)cc2)c([N+](=O)[O-])c1Nc1ccc(F)cc1. The second-order valence-corrected chi connectivity index (χ2v) is 7.84. The molecular formula is C24H15F3N6O6. The fourth-order valence-electron chi connectivity index (χ4n) is 3.65. The van der Waals surface area contributed by atoms with Crippen LogP contribution in [-0.2, 0) is 0 Å². The van der Waals surface area contributed by atoms with E-state index in [9.17, 15) is 43.5 Å². The molecule has 3 N–H and O–H groups in total. The van der Waals surface area contributed by atoms with Crippen molar-refractivity contribution in [3.63, 3.8) is 0 Å². The lowest BCUT2D eigenvalue weighted by Gasteiger charge is -2.17. The zero-order valence-electron chi connectivity index (χ0n) is 19.4. The van der Waals surface area contributed by atoms with Gasteiger partial charge in [0.2, 0.25) is 17.1 Å². The number of hydrogen-bond acceptors (Lipinski definition) is 9. The Bertz CT molecular complexity index is 1370.